The molecule has 0 bridgehead atoms. The molecule has 27 heavy (non-hydrogen) atoms. The van der Waals surface area contributed by atoms with Gasteiger partial charge in [-0.3, -0.25) is 9.48 Å². The topological polar surface area (TPSA) is 53.4 Å². The third kappa shape index (κ3) is 3.54. The number of nitrogens with one attached hydrogen (secondary N) is 1. The maximum atomic E-state index is 12.9. The van der Waals surface area contributed by atoms with E-state index in [1.54, 1.807) is 0 Å². The SMILES string of the molecule is Cc1nn(C)c2sc(C(=O)Nc3cc(Cl)ccc3N3CCN(C)CC3)cc12. The van der Waals surface area contributed by atoms with Gasteiger partial charge in [0.2, 0.25) is 0 Å². The number of piperazine rings is 1. The molecule has 0 radical (unpaired) electrons. The Balaban J connectivity index is 1.61. The molecule has 0 atom stereocenters. The fourth-order valence-corrected chi connectivity index (χ4v) is 4.62. The maximum absolute atomic E-state index is 12.9. The molecule has 1 aliphatic rings. The van der Waals surface area contributed by atoms with Crippen molar-refractivity contribution in [1.29, 1.82) is 0 Å². The van der Waals surface area contributed by atoms with Crippen molar-refractivity contribution in [2.24, 2.45) is 7.05 Å². The number of carbonyl (C=O) groups is 1. The molecule has 0 unspecified atom stereocenters. The first-order valence-electron chi connectivity index (χ1n) is 8.90. The third-order valence-corrected chi connectivity index (χ3v) is 6.41. The lowest BCUT2D eigenvalue weighted by Crippen LogP contribution is -2.44. The van der Waals surface area contributed by atoms with E-state index in [0.29, 0.717) is 9.90 Å². The normalized spacial score (nSPS) is 15.5. The van der Waals surface area contributed by atoms with Gasteiger partial charge >= 0.3 is 0 Å². The van der Waals surface area contributed by atoms with Crippen LogP contribution in [0.25, 0.3) is 10.2 Å². The molecule has 1 fully saturated rings. The van der Waals surface area contributed by atoms with Gasteiger partial charge in [0, 0.05) is 43.6 Å². The minimum absolute atomic E-state index is 0.117. The monoisotopic (exact) mass is 403 g/mol. The van der Waals surface area contributed by atoms with Crippen LogP contribution in [0.2, 0.25) is 5.02 Å². The number of halogens is 1. The zero-order valence-electron chi connectivity index (χ0n) is 15.6. The summed E-state index contributed by atoms with van der Waals surface area (Å²) in [7, 11) is 4.02. The molecule has 0 saturated carbocycles. The lowest BCUT2D eigenvalue weighted by atomic mass is 10.2. The van der Waals surface area contributed by atoms with Gasteiger partial charge < -0.3 is 15.1 Å². The van der Waals surface area contributed by atoms with Crippen LogP contribution in [0, 0.1) is 6.92 Å². The maximum Gasteiger partial charge on any atom is 0.265 e. The van der Waals surface area contributed by atoms with Crippen molar-refractivity contribution in [3.05, 3.63) is 39.9 Å². The second-order valence-corrected chi connectivity index (χ2v) is 8.41. The Kier molecular flexibility index (Phi) is 4.84. The molecular formula is C19H22ClN5OS. The third-order valence-electron chi connectivity index (χ3n) is 4.97. The largest absolute Gasteiger partial charge is 0.367 e. The highest BCUT2D eigenvalue weighted by atomic mass is 35.5. The Hall–Kier alpha value is -2.09. The van der Waals surface area contributed by atoms with Crippen molar-refractivity contribution < 1.29 is 4.79 Å². The Bertz CT molecular complexity index is 969. The second kappa shape index (κ2) is 7.14. The van der Waals surface area contributed by atoms with Gasteiger partial charge in [0.1, 0.15) is 4.83 Å². The molecule has 6 nitrogen and oxygen atoms in total. The van der Waals surface area contributed by atoms with E-state index in [-0.39, 0.29) is 5.91 Å². The van der Waals surface area contributed by atoms with Crippen LogP contribution in [0.1, 0.15) is 15.4 Å². The van der Waals surface area contributed by atoms with Crippen LogP contribution in [-0.4, -0.2) is 53.8 Å². The minimum Gasteiger partial charge on any atom is -0.367 e. The first-order valence-corrected chi connectivity index (χ1v) is 10.1. The van der Waals surface area contributed by atoms with Gasteiger partial charge in [-0.2, -0.15) is 5.10 Å². The van der Waals surface area contributed by atoms with E-state index in [9.17, 15) is 4.79 Å². The van der Waals surface area contributed by atoms with Crippen molar-refractivity contribution in [3.8, 4) is 0 Å². The van der Waals surface area contributed by atoms with E-state index in [1.807, 2.05) is 42.9 Å². The number of hydrogen-bond acceptors (Lipinski definition) is 5. The predicted molar refractivity (Wildman–Crippen MR) is 112 cm³/mol. The summed E-state index contributed by atoms with van der Waals surface area (Å²) in [6.07, 6.45) is 0. The highest BCUT2D eigenvalue weighted by Gasteiger charge is 2.20. The van der Waals surface area contributed by atoms with Crippen LogP contribution in [0.4, 0.5) is 11.4 Å². The quantitative estimate of drug-likeness (QED) is 0.726. The molecule has 1 aliphatic heterocycles. The highest BCUT2D eigenvalue weighted by molar-refractivity contribution is 7.20. The summed E-state index contributed by atoms with van der Waals surface area (Å²) in [4.78, 5) is 19.2. The average Bonchev–Trinajstić information content (AvgIpc) is 3.18. The molecule has 0 spiro atoms. The molecule has 1 saturated heterocycles. The van der Waals surface area contributed by atoms with Crippen LogP contribution in [0.5, 0.6) is 0 Å². The van der Waals surface area contributed by atoms with E-state index in [2.05, 4.69) is 27.3 Å². The average molecular weight is 404 g/mol. The smallest absolute Gasteiger partial charge is 0.265 e. The van der Waals surface area contributed by atoms with Crippen LogP contribution < -0.4 is 10.2 Å². The molecule has 1 aromatic carbocycles. The number of hydrogen-bond donors (Lipinski definition) is 1. The van der Waals surface area contributed by atoms with E-state index < -0.39 is 0 Å². The van der Waals surface area contributed by atoms with E-state index >= 15 is 0 Å². The molecule has 3 heterocycles. The number of nitrogens with zero attached hydrogens (tertiary/aromatic N) is 4. The fourth-order valence-electron chi connectivity index (χ4n) is 3.43. The van der Waals surface area contributed by atoms with E-state index in [4.69, 9.17) is 11.6 Å². The van der Waals surface area contributed by atoms with Gasteiger partial charge in [0.05, 0.1) is 21.9 Å². The van der Waals surface area contributed by atoms with Crippen molar-refractivity contribution >= 4 is 50.4 Å². The van der Waals surface area contributed by atoms with Crippen molar-refractivity contribution in [2.75, 3.05) is 43.4 Å². The van der Waals surface area contributed by atoms with Gasteiger partial charge in [-0.05, 0) is 38.2 Å². The van der Waals surface area contributed by atoms with Gasteiger partial charge in [-0.15, -0.1) is 11.3 Å². The van der Waals surface area contributed by atoms with Crippen molar-refractivity contribution in [1.82, 2.24) is 14.7 Å². The van der Waals surface area contributed by atoms with Gasteiger partial charge in [0.15, 0.2) is 0 Å². The first kappa shape index (κ1) is 18.3. The van der Waals surface area contributed by atoms with Gasteiger partial charge in [-0.25, -0.2) is 0 Å². The fraction of sp³-hybridized carbons (Fsp3) is 0.368. The van der Waals surface area contributed by atoms with Crippen molar-refractivity contribution in [2.45, 2.75) is 6.92 Å². The molecular weight excluding hydrogens is 382 g/mol. The molecule has 142 valence electrons. The summed E-state index contributed by atoms with van der Waals surface area (Å²) in [6, 6.07) is 7.60. The number of fused-ring (bicyclic) bond motifs is 1. The van der Waals surface area contributed by atoms with Crippen LogP contribution in [-0.2, 0) is 7.05 Å². The summed E-state index contributed by atoms with van der Waals surface area (Å²) >= 11 is 7.66. The summed E-state index contributed by atoms with van der Waals surface area (Å²) in [5, 5.41) is 9.10. The zero-order chi connectivity index (χ0) is 19.1. The molecule has 2 aromatic heterocycles. The number of anilines is 2. The summed E-state index contributed by atoms with van der Waals surface area (Å²) in [5.41, 5.74) is 2.70. The number of aromatic nitrogens is 2. The number of benzene rings is 1. The van der Waals surface area contributed by atoms with Gasteiger partial charge in [-0.1, -0.05) is 11.6 Å². The molecule has 3 aromatic rings. The summed E-state index contributed by atoms with van der Waals surface area (Å²) < 4.78 is 1.82. The number of likely N-dealkylation sites (N-methyl/N-ethyl adjacent to an activating group) is 1. The van der Waals surface area contributed by atoms with Crippen LogP contribution in [0.3, 0.4) is 0 Å². The Labute approximate surface area is 167 Å². The van der Waals surface area contributed by atoms with Crippen molar-refractivity contribution in [3.63, 3.8) is 0 Å². The lowest BCUT2D eigenvalue weighted by molar-refractivity contribution is 0.103. The van der Waals surface area contributed by atoms with Crippen LogP contribution >= 0.6 is 22.9 Å². The molecule has 0 aliphatic carbocycles. The number of carbonyl (C=O) groups excluding carboxylic acids is 1. The minimum atomic E-state index is -0.117. The lowest BCUT2D eigenvalue weighted by Gasteiger charge is -2.35. The highest BCUT2D eigenvalue weighted by Crippen LogP contribution is 2.32. The Morgan fingerprint density at radius 3 is 2.63 bits per heavy atom. The van der Waals surface area contributed by atoms with E-state index in [1.165, 1.54) is 11.3 Å². The zero-order valence-corrected chi connectivity index (χ0v) is 17.2. The van der Waals surface area contributed by atoms with Gasteiger partial charge in [0.25, 0.3) is 5.91 Å². The molecule has 1 amide bonds. The standard InChI is InChI=1S/C19H22ClN5OS/c1-12-14-11-17(27-19(14)24(3)22-12)18(26)21-15-10-13(20)4-5-16(15)25-8-6-23(2)7-9-25/h4-5,10-11H,6-9H2,1-3H3,(H,21,26). The Morgan fingerprint density at radius 1 is 1.19 bits per heavy atom. The number of thiophene rings is 1. The predicted octanol–water partition coefficient (Wildman–Crippen LogP) is 3.60. The van der Waals surface area contributed by atoms with E-state index in [0.717, 1.165) is 53.5 Å². The Morgan fingerprint density at radius 2 is 1.93 bits per heavy atom. The second-order valence-electron chi connectivity index (χ2n) is 6.94. The molecule has 4 rings (SSSR count). The van der Waals surface area contributed by atoms with Crippen LogP contribution in [0.15, 0.2) is 24.3 Å². The summed E-state index contributed by atoms with van der Waals surface area (Å²) in [5.74, 6) is -0.117. The molecule has 1 N–H and O–H groups in total. The number of aryl methyl sites for hydroxylation is 2. The molecule has 8 heteroatoms. The number of amides is 1. The first-order chi connectivity index (χ1) is 12.9. The number of rotatable bonds is 3. The summed E-state index contributed by atoms with van der Waals surface area (Å²) in [6.45, 7) is 5.81.